The number of phenols is 1. The highest BCUT2D eigenvalue weighted by atomic mass is 79.9. The van der Waals surface area contributed by atoms with Gasteiger partial charge in [0.05, 0.1) is 64.4 Å². The van der Waals surface area contributed by atoms with Crippen LogP contribution in [0.5, 0.6) is 11.5 Å². The fraction of sp³-hybridized carbons (Fsp3) is 0.351. The number of anilines is 2. The van der Waals surface area contributed by atoms with Gasteiger partial charge in [-0.1, -0.05) is 27.6 Å². The zero-order valence-corrected chi connectivity index (χ0v) is 30.5. The van der Waals surface area contributed by atoms with Crippen LogP contribution in [0.2, 0.25) is 0 Å². The van der Waals surface area contributed by atoms with Gasteiger partial charge in [0.1, 0.15) is 0 Å². The maximum Gasteiger partial charge on any atom is 0.416 e. The number of fused-ring (bicyclic) bond motifs is 4. The summed E-state index contributed by atoms with van der Waals surface area (Å²) in [5.74, 6) is -15.1. The fourth-order valence-corrected chi connectivity index (χ4v) is 9.02. The van der Waals surface area contributed by atoms with Crippen LogP contribution in [0, 0.1) is 29.6 Å². The molecule has 58 heavy (non-hydrogen) atoms. The van der Waals surface area contributed by atoms with E-state index in [4.69, 9.17) is 4.74 Å². The van der Waals surface area contributed by atoms with Crippen molar-refractivity contribution in [3.05, 3.63) is 92.5 Å². The van der Waals surface area contributed by atoms with Gasteiger partial charge in [-0.25, -0.2) is 9.80 Å². The number of ether oxygens (including phenoxy) is 1. The van der Waals surface area contributed by atoms with Crippen molar-refractivity contribution in [2.45, 2.75) is 43.5 Å². The Morgan fingerprint density at radius 1 is 0.603 bits per heavy atom. The normalized spacial score (nSPS) is 25.2. The molecule has 2 heterocycles. The van der Waals surface area contributed by atoms with Gasteiger partial charge < -0.3 is 9.84 Å². The summed E-state index contributed by atoms with van der Waals surface area (Å²) in [6, 6.07) is 2.85. The predicted molar refractivity (Wildman–Crippen MR) is 178 cm³/mol. The third-order valence-corrected chi connectivity index (χ3v) is 11.4. The molecule has 0 unspecified atom stereocenters. The number of methoxy groups -OCH3 is 1. The second-order valence-corrected chi connectivity index (χ2v) is 15.0. The molecule has 0 aromatic heterocycles. The topological polar surface area (TPSA) is 104 Å². The number of carbonyl (C=O) groups is 4. The number of allylic oxidation sites excluding steroid dienone is 2. The van der Waals surface area contributed by atoms with E-state index in [2.05, 4.69) is 15.9 Å². The molecule has 2 saturated heterocycles. The van der Waals surface area contributed by atoms with Crippen LogP contribution in [-0.2, 0) is 43.9 Å². The molecular formula is C37H23BrF12N2O6. The van der Waals surface area contributed by atoms with Crippen molar-refractivity contribution in [3.8, 4) is 11.5 Å². The molecule has 4 aliphatic rings. The molecule has 1 N–H and O–H groups in total. The van der Waals surface area contributed by atoms with Gasteiger partial charge in [0.25, 0.3) is 0 Å². The predicted octanol–water partition coefficient (Wildman–Crippen LogP) is 9.28. The molecule has 3 fully saturated rings. The minimum Gasteiger partial charge on any atom is -0.504 e. The molecule has 3 aromatic rings. The van der Waals surface area contributed by atoms with E-state index in [-0.39, 0.29) is 67.6 Å². The Morgan fingerprint density at radius 3 is 1.47 bits per heavy atom. The number of halogens is 13. The molecule has 21 heteroatoms. The molecule has 7 rings (SSSR count). The first-order valence-corrected chi connectivity index (χ1v) is 17.6. The Hall–Kier alpha value is -5.08. The Morgan fingerprint density at radius 2 is 1.03 bits per heavy atom. The molecule has 4 amide bonds. The van der Waals surface area contributed by atoms with Crippen molar-refractivity contribution < 1.29 is 81.7 Å². The SMILES string of the molecule is COc1cc(Br)cc([C@H]2C3=CC[C@@H]4C(=O)N(c5cc(C(F)(F)F)cc(C(F)(F)F)c5)C(=O)[C@@H]4[C@@H]3C[C@H]3C(=O)N(c4cc(C(F)(F)F)cc(C(F)(F)F)c4)C(=O)[C@@H]23)c1O. The standard InChI is InChI=1S/C37H23BrF12N2O6/c1-58-25-11-17(38)10-23(29(25)53)26-20-2-3-21-27(32(56)51(30(21)54)18-6-13(34(39,40)41)4-14(7-18)35(42,43)44)22(20)12-24-28(26)33(57)52(31(24)55)19-8-15(36(45,46)47)5-16(9-19)37(48,49)50/h2,4-11,21-22,24,26-28,53H,3,12H2,1H3/t21-,22+,24+,26+,27-,28+/m0/s1. The largest absolute Gasteiger partial charge is 0.504 e. The van der Waals surface area contributed by atoms with Gasteiger partial charge in [-0.05, 0) is 67.3 Å². The summed E-state index contributed by atoms with van der Waals surface area (Å²) in [4.78, 5) is 57.0. The van der Waals surface area contributed by atoms with Crippen molar-refractivity contribution in [3.63, 3.8) is 0 Å². The number of carbonyl (C=O) groups excluding carboxylic acids is 4. The first kappa shape index (κ1) is 41.1. The van der Waals surface area contributed by atoms with Crippen LogP contribution in [0.15, 0.2) is 64.7 Å². The summed E-state index contributed by atoms with van der Waals surface area (Å²) in [7, 11) is 1.15. The Bertz CT molecular complexity index is 2250. The van der Waals surface area contributed by atoms with Gasteiger partial charge in [0.15, 0.2) is 11.5 Å². The summed E-state index contributed by atoms with van der Waals surface area (Å²) in [6.45, 7) is 0. The Balaban J connectivity index is 1.38. The average Bonchev–Trinajstić information content (AvgIpc) is 3.53. The summed E-state index contributed by atoms with van der Waals surface area (Å²) < 4.78 is 171. The van der Waals surface area contributed by atoms with Crippen LogP contribution in [0.4, 0.5) is 64.1 Å². The van der Waals surface area contributed by atoms with Crippen molar-refractivity contribution in [1.29, 1.82) is 0 Å². The van der Waals surface area contributed by atoms with Crippen LogP contribution in [-0.4, -0.2) is 35.8 Å². The number of imide groups is 2. The lowest BCUT2D eigenvalue weighted by Gasteiger charge is -2.44. The van der Waals surface area contributed by atoms with Gasteiger partial charge in [0, 0.05) is 16.0 Å². The van der Waals surface area contributed by atoms with E-state index in [9.17, 15) is 77.0 Å². The van der Waals surface area contributed by atoms with Crippen molar-refractivity contribution in [2.75, 3.05) is 16.9 Å². The number of rotatable bonds is 4. The lowest BCUT2D eigenvalue weighted by Crippen LogP contribution is -2.43. The van der Waals surface area contributed by atoms with Gasteiger partial charge in [0.2, 0.25) is 23.6 Å². The number of nitrogens with zero attached hydrogens (tertiary/aromatic N) is 2. The Labute approximate surface area is 326 Å². The average molecular weight is 899 g/mol. The van der Waals surface area contributed by atoms with Crippen LogP contribution < -0.4 is 14.5 Å². The number of aromatic hydroxyl groups is 1. The van der Waals surface area contributed by atoms with Crippen LogP contribution in [0.25, 0.3) is 0 Å². The maximum absolute atomic E-state index is 14.4. The summed E-state index contributed by atoms with van der Waals surface area (Å²) in [5, 5.41) is 11.4. The molecule has 6 atom stereocenters. The lowest BCUT2D eigenvalue weighted by atomic mass is 9.57. The third kappa shape index (κ3) is 6.67. The molecule has 0 radical (unpaired) electrons. The molecular weight excluding hydrogens is 876 g/mol. The zero-order chi connectivity index (χ0) is 42.8. The summed E-state index contributed by atoms with van der Waals surface area (Å²) in [6.07, 6.45) is -21.1. The number of phenolic OH excluding ortho intramolecular Hbond substituents is 1. The highest BCUT2D eigenvalue weighted by Gasteiger charge is 2.63. The number of hydrogen-bond donors (Lipinski definition) is 1. The van der Waals surface area contributed by atoms with Gasteiger partial charge in [-0.15, -0.1) is 0 Å². The van der Waals surface area contributed by atoms with Crippen LogP contribution >= 0.6 is 15.9 Å². The fourth-order valence-electron chi connectivity index (χ4n) is 8.57. The van der Waals surface area contributed by atoms with E-state index < -0.39 is 136 Å². The lowest BCUT2D eigenvalue weighted by molar-refractivity contribution is -0.144. The van der Waals surface area contributed by atoms with Crippen molar-refractivity contribution in [1.82, 2.24) is 0 Å². The first-order valence-electron chi connectivity index (χ1n) is 16.8. The summed E-state index contributed by atoms with van der Waals surface area (Å²) >= 11 is 3.23. The van der Waals surface area contributed by atoms with E-state index in [0.717, 1.165) is 7.11 Å². The molecule has 2 aliphatic heterocycles. The Kier molecular flexibility index (Phi) is 9.55. The molecule has 2 aliphatic carbocycles. The number of amides is 4. The van der Waals surface area contributed by atoms with Crippen LogP contribution in [0.3, 0.4) is 0 Å². The third-order valence-electron chi connectivity index (χ3n) is 10.9. The van der Waals surface area contributed by atoms with Crippen molar-refractivity contribution >= 4 is 50.9 Å². The molecule has 8 nitrogen and oxygen atoms in total. The van der Waals surface area contributed by atoms with Crippen LogP contribution in [0.1, 0.15) is 46.6 Å². The number of benzene rings is 3. The van der Waals surface area contributed by atoms with Gasteiger partial charge >= 0.3 is 24.7 Å². The van der Waals surface area contributed by atoms with Gasteiger partial charge in [-0.2, -0.15) is 52.7 Å². The summed E-state index contributed by atoms with van der Waals surface area (Å²) in [5.41, 5.74) is -9.60. The monoisotopic (exact) mass is 898 g/mol. The molecule has 1 saturated carbocycles. The minimum absolute atomic E-state index is 0.0870. The second kappa shape index (κ2) is 13.5. The molecule has 3 aromatic carbocycles. The van der Waals surface area contributed by atoms with Gasteiger partial charge in [-0.3, -0.25) is 19.2 Å². The molecule has 0 bridgehead atoms. The maximum atomic E-state index is 14.4. The number of hydrogen-bond acceptors (Lipinski definition) is 6. The second-order valence-electron chi connectivity index (χ2n) is 14.1. The highest BCUT2D eigenvalue weighted by Crippen LogP contribution is 2.60. The number of alkyl halides is 12. The smallest absolute Gasteiger partial charge is 0.416 e. The highest BCUT2D eigenvalue weighted by molar-refractivity contribution is 9.10. The van der Waals surface area contributed by atoms with E-state index in [1.807, 2.05) is 0 Å². The minimum atomic E-state index is -5.38. The van der Waals surface area contributed by atoms with E-state index in [0.29, 0.717) is 0 Å². The molecule has 308 valence electrons. The van der Waals surface area contributed by atoms with Crippen molar-refractivity contribution in [2.24, 2.45) is 29.6 Å². The quantitative estimate of drug-likeness (QED) is 0.159. The first-order chi connectivity index (χ1) is 26.7. The zero-order valence-electron chi connectivity index (χ0n) is 28.9. The van der Waals surface area contributed by atoms with E-state index >= 15 is 0 Å². The van der Waals surface area contributed by atoms with E-state index in [1.165, 1.54) is 18.2 Å². The van der Waals surface area contributed by atoms with E-state index in [1.54, 1.807) is 0 Å². The molecule has 0 spiro atoms.